The van der Waals surface area contributed by atoms with Crippen molar-refractivity contribution in [2.24, 2.45) is 5.92 Å². The Morgan fingerprint density at radius 1 is 1.22 bits per heavy atom. The summed E-state index contributed by atoms with van der Waals surface area (Å²) in [5, 5.41) is 8.76. The van der Waals surface area contributed by atoms with Crippen molar-refractivity contribution in [3.63, 3.8) is 0 Å². The molecule has 2 aromatic carbocycles. The van der Waals surface area contributed by atoms with Gasteiger partial charge in [-0.15, -0.1) is 0 Å². The summed E-state index contributed by atoms with van der Waals surface area (Å²) in [5.74, 6) is 0.205. The van der Waals surface area contributed by atoms with Crippen molar-refractivity contribution >= 4 is 33.4 Å². The van der Waals surface area contributed by atoms with Crippen LogP contribution in [-0.2, 0) is 11.3 Å². The van der Waals surface area contributed by atoms with Crippen LogP contribution in [0.1, 0.15) is 13.3 Å². The maximum absolute atomic E-state index is 12.3. The lowest BCUT2D eigenvalue weighted by Crippen LogP contribution is -2.24. The lowest BCUT2D eigenvalue weighted by molar-refractivity contribution is -0.119. The Hall–Kier alpha value is -2.33. The summed E-state index contributed by atoms with van der Waals surface area (Å²) < 4.78 is 2.32. The number of carbonyl (C=O) groups excluding carboxylic acids is 1. The van der Waals surface area contributed by atoms with Gasteiger partial charge in [-0.25, -0.2) is 0 Å². The smallest absolute Gasteiger partial charge is 0.228 e. The Bertz CT molecular complexity index is 875. The number of nitrogens with zero attached hydrogens (tertiary/aromatic N) is 1. The van der Waals surface area contributed by atoms with Gasteiger partial charge in [-0.05, 0) is 44.2 Å². The number of benzene rings is 2. The fourth-order valence-electron chi connectivity index (χ4n) is 3.59. The Labute approximate surface area is 135 Å². The third kappa shape index (κ3) is 2.39. The summed E-state index contributed by atoms with van der Waals surface area (Å²) in [7, 11) is 0. The lowest BCUT2D eigenvalue weighted by Gasteiger charge is -2.10. The number of amides is 1. The van der Waals surface area contributed by atoms with Crippen LogP contribution in [0.2, 0.25) is 0 Å². The first-order valence-electron chi connectivity index (χ1n) is 8.30. The van der Waals surface area contributed by atoms with Crippen LogP contribution >= 0.6 is 0 Å². The molecule has 1 unspecified atom stereocenters. The number of anilines is 1. The number of fused-ring (bicyclic) bond motifs is 3. The molecule has 3 aromatic rings. The van der Waals surface area contributed by atoms with Crippen molar-refractivity contribution in [3.05, 3.63) is 42.5 Å². The first-order chi connectivity index (χ1) is 11.3. The van der Waals surface area contributed by atoms with Crippen LogP contribution in [0.5, 0.6) is 0 Å². The molecule has 4 rings (SSSR count). The molecule has 1 atom stereocenters. The van der Waals surface area contributed by atoms with E-state index in [1.54, 1.807) is 0 Å². The molecule has 1 aliphatic rings. The Kier molecular flexibility index (Phi) is 3.54. The highest BCUT2D eigenvalue weighted by molar-refractivity contribution is 6.09. The minimum Gasteiger partial charge on any atom is -0.341 e. The predicted octanol–water partition coefficient (Wildman–Crippen LogP) is 3.36. The summed E-state index contributed by atoms with van der Waals surface area (Å²) in [6, 6.07) is 14.7. The standard InChI is InChI=1S/C19H21N3O/c1-2-22-17-6-4-3-5-15(17)16-11-14(7-8-18(16)22)21-19(23)13-9-10-20-12-13/h3-8,11,13,20H,2,9-10,12H2,1H3,(H,21,23). The molecule has 4 heteroatoms. The number of nitrogens with one attached hydrogen (secondary N) is 2. The maximum Gasteiger partial charge on any atom is 0.228 e. The molecule has 1 aromatic heterocycles. The summed E-state index contributed by atoms with van der Waals surface area (Å²) in [4.78, 5) is 12.3. The van der Waals surface area contributed by atoms with Gasteiger partial charge in [0.2, 0.25) is 5.91 Å². The lowest BCUT2D eigenvalue weighted by atomic mass is 10.1. The Morgan fingerprint density at radius 2 is 2.04 bits per heavy atom. The highest BCUT2D eigenvalue weighted by Crippen LogP contribution is 2.31. The predicted molar refractivity (Wildman–Crippen MR) is 94.7 cm³/mol. The van der Waals surface area contributed by atoms with E-state index in [0.717, 1.165) is 31.7 Å². The molecule has 0 radical (unpaired) electrons. The van der Waals surface area contributed by atoms with Crippen molar-refractivity contribution in [3.8, 4) is 0 Å². The summed E-state index contributed by atoms with van der Waals surface area (Å²) in [6.07, 6.45) is 0.920. The second kappa shape index (κ2) is 5.70. The average molecular weight is 307 g/mol. The van der Waals surface area contributed by atoms with E-state index in [9.17, 15) is 4.79 Å². The quantitative estimate of drug-likeness (QED) is 0.779. The molecule has 23 heavy (non-hydrogen) atoms. The van der Waals surface area contributed by atoms with Gasteiger partial charge in [-0.1, -0.05) is 18.2 Å². The normalized spacial score (nSPS) is 17.9. The molecule has 1 amide bonds. The van der Waals surface area contributed by atoms with Crippen LogP contribution in [0.15, 0.2) is 42.5 Å². The minimum absolute atomic E-state index is 0.0858. The molecule has 2 heterocycles. The monoisotopic (exact) mass is 307 g/mol. The fourth-order valence-corrected chi connectivity index (χ4v) is 3.59. The van der Waals surface area contributed by atoms with Crippen LogP contribution in [0.3, 0.4) is 0 Å². The zero-order valence-electron chi connectivity index (χ0n) is 13.3. The molecular weight excluding hydrogens is 286 g/mol. The molecule has 1 saturated heterocycles. The van der Waals surface area contributed by atoms with Crippen molar-refractivity contribution in [1.82, 2.24) is 9.88 Å². The second-order valence-electron chi connectivity index (χ2n) is 6.17. The molecule has 118 valence electrons. The fraction of sp³-hybridized carbons (Fsp3) is 0.316. The van der Waals surface area contributed by atoms with Crippen molar-refractivity contribution < 1.29 is 4.79 Å². The van der Waals surface area contributed by atoms with Crippen molar-refractivity contribution in [1.29, 1.82) is 0 Å². The van der Waals surface area contributed by atoms with Gasteiger partial charge in [0.25, 0.3) is 0 Å². The number of rotatable bonds is 3. The summed E-state index contributed by atoms with van der Waals surface area (Å²) in [6.45, 7) is 4.81. The molecule has 4 nitrogen and oxygen atoms in total. The van der Waals surface area contributed by atoms with Gasteiger partial charge in [0.15, 0.2) is 0 Å². The van der Waals surface area contributed by atoms with Gasteiger partial charge >= 0.3 is 0 Å². The molecule has 0 spiro atoms. The van der Waals surface area contributed by atoms with Crippen LogP contribution in [0, 0.1) is 5.92 Å². The van der Waals surface area contributed by atoms with E-state index in [-0.39, 0.29) is 11.8 Å². The third-order valence-corrected chi connectivity index (χ3v) is 4.79. The van der Waals surface area contributed by atoms with Crippen molar-refractivity contribution in [2.45, 2.75) is 19.9 Å². The van der Waals surface area contributed by atoms with E-state index in [2.05, 4.69) is 58.5 Å². The molecule has 2 N–H and O–H groups in total. The maximum atomic E-state index is 12.3. The van der Waals surface area contributed by atoms with Crippen LogP contribution in [0.25, 0.3) is 21.8 Å². The summed E-state index contributed by atoms with van der Waals surface area (Å²) in [5.41, 5.74) is 3.34. The Balaban J connectivity index is 1.75. The second-order valence-corrected chi connectivity index (χ2v) is 6.17. The highest BCUT2D eigenvalue weighted by Gasteiger charge is 2.22. The highest BCUT2D eigenvalue weighted by atomic mass is 16.1. The molecule has 0 bridgehead atoms. The van der Waals surface area contributed by atoms with E-state index < -0.39 is 0 Å². The third-order valence-electron chi connectivity index (χ3n) is 4.79. The van der Waals surface area contributed by atoms with Crippen LogP contribution < -0.4 is 10.6 Å². The van der Waals surface area contributed by atoms with Crippen LogP contribution in [-0.4, -0.2) is 23.6 Å². The van der Waals surface area contributed by atoms with Gasteiger partial charge in [0, 0.05) is 40.6 Å². The van der Waals surface area contributed by atoms with E-state index in [1.807, 2.05) is 6.07 Å². The topological polar surface area (TPSA) is 46.1 Å². The Morgan fingerprint density at radius 3 is 2.83 bits per heavy atom. The largest absolute Gasteiger partial charge is 0.341 e. The zero-order valence-corrected chi connectivity index (χ0v) is 13.3. The van der Waals surface area contributed by atoms with Gasteiger partial charge in [-0.3, -0.25) is 4.79 Å². The number of aryl methyl sites for hydroxylation is 1. The van der Waals surface area contributed by atoms with Crippen LogP contribution in [0.4, 0.5) is 5.69 Å². The zero-order chi connectivity index (χ0) is 15.8. The average Bonchev–Trinajstić information content (AvgIpc) is 3.21. The van der Waals surface area contributed by atoms with Gasteiger partial charge < -0.3 is 15.2 Å². The molecule has 0 saturated carbocycles. The van der Waals surface area contributed by atoms with E-state index in [0.29, 0.717) is 0 Å². The number of hydrogen-bond acceptors (Lipinski definition) is 2. The van der Waals surface area contributed by atoms with Gasteiger partial charge in [0.05, 0.1) is 5.92 Å². The molecule has 1 aliphatic heterocycles. The van der Waals surface area contributed by atoms with E-state index in [1.165, 1.54) is 21.8 Å². The number of aromatic nitrogens is 1. The first-order valence-corrected chi connectivity index (χ1v) is 8.30. The number of para-hydroxylation sites is 1. The number of carbonyl (C=O) groups is 1. The minimum atomic E-state index is 0.0858. The molecule has 1 fully saturated rings. The van der Waals surface area contributed by atoms with Crippen molar-refractivity contribution in [2.75, 3.05) is 18.4 Å². The first kappa shape index (κ1) is 14.3. The van der Waals surface area contributed by atoms with E-state index in [4.69, 9.17) is 0 Å². The van der Waals surface area contributed by atoms with Gasteiger partial charge in [0.1, 0.15) is 0 Å². The van der Waals surface area contributed by atoms with E-state index >= 15 is 0 Å². The SMILES string of the molecule is CCn1c2ccccc2c2cc(NC(=O)C3CCNC3)ccc21. The van der Waals surface area contributed by atoms with Gasteiger partial charge in [-0.2, -0.15) is 0 Å². The summed E-state index contributed by atoms with van der Waals surface area (Å²) >= 11 is 0. The number of hydrogen-bond donors (Lipinski definition) is 2. The molecule has 0 aliphatic carbocycles. The molecular formula is C19H21N3O.